The smallest absolute Gasteiger partial charge is 0.315 e. The molecule has 1 saturated carbocycles. The first-order chi connectivity index (χ1) is 12.3. The first-order valence-corrected chi connectivity index (χ1v) is 8.94. The molecule has 2 aromatic rings. The molecule has 0 bridgehead atoms. The highest BCUT2D eigenvalue weighted by Gasteiger charge is 2.36. The van der Waals surface area contributed by atoms with Crippen LogP contribution in [0.15, 0.2) is 40.9 Å². The summed E-state index contributed by atoms with van der Waals surface area (Å²) in [4.78, 5) is 16.3. The summed E-state index contributed by atoms with van der Waals surface area (Å²) >= 11 is 0. The van der Waals surface area contributed by atoms with Crippen LogP contribution in [0, 0.1) is 5.92 Å². The Labute approximate surface area is 147 Å². The Kier molecular flexibility index (Phi) is 4.70. The Morgan fingerprint density at radius 1 is 1.20 bits per heavy atom. The van der Waals surface area contributed by atoms with Gasteiger partial charge in [-0.15, -0.1) is 0 Å². The van der Waals surface area contributed by atoms with E-state index in [1.807, 2.05) is 30.3 Å². The van der Waals surface area contributed by atoms with Gasteiger partial charge in [-0.05, 0) is 31.6 Å². The van der Waals surface area contributed by atoms with Gasteiger partial charge in [-0.2, -0.15) is 0 Å². The Bertz CT molecular complexity index is 712. The number of carbonyl (C=O) groups is 1. The van der Waals surface area contributed by atoms with Crippen molar-refractivity contribution in [1.29, 1.82) is 0 Å². The number of benzene rings is 1. The van der Waals surface area contributed by atoms with Crippen molar-refractivity contribution in [3.05, 3.63) is 42.4 Å². The summed E-state index contributed by atoms with van der Waals surface area (Å²) < 4.78 is 11.5. The van der Waals surface area contributed by atoms with Crippen molar-refractivity contribution in [1.82, 2.24) is 15.6 Å². The van der Waals surface area contributed by atoms with E-state index in [0.29, 0.717) is 23.7 Å². The molecule has 132 valence electrons. The van der Waals surface area contributed by atoms with E-state index < -0.39 is 0 Å². The van der Waals surface area contributed by atoms with Gasteiger partial charge in [0.25, 0.3) is 0 Å². The van der Waals surface area contributed by atoms with Crippen molar-refractivity contribution < 1.29 is 13.9 Å². The number of aromatic nitrogens is 1. The number of amides is 2. The molecule has 2 heterocycles. The SMILES string of the molecule is O=C(NCc1ncc(-c2ccccc2)o1)NC1CCOC(C2CC2)C1. The molecule has 1 aromatic carbocycles. The minimum atomic E-state index is -0.180. The number of rotatable bonds is 5. The van der Waals surface area contributed by atoms with Gasteiger partial charge in [0.2, 0.25) is 5.89 Å². The Morgan fingerprint density at radius 3 is 2.84 bits per heavy atom. The van der Waals surface area contributed by atoms with Crippen LogP contribution in [0.25, 0.3) is 11.3 Å². The number of nitrogens with zero attached hydrogens (tertiary/aromatic N) is 1. The van der Waals surface area contributed by atoms with E-state index in [1.165, 1.54) is 12.8 Å². The van der Waals surface area contributed by atoms with E-state index in [9.17, 15) is 4.79 Å². The van der Waals surface area contributed by atoms with Gasteiger partial charge in [-0.1, -0.05) is 30.3 Å². The highest BCUT2D eigenvalue weighted by molar-refractivity contribution is 5.74. The van der Waals surface area contributed by atoms with Crippen LogP contribution in [-0.4, -0.2) is 29.8 Å². The van der Waals surface area contributed by atoms with Crippen molar-refractivity contribution >= 4 is 6.03 Å². The number of carbonyl (C=O) groups excluding carboxylic acids is 1. The molecule has 1 aromatic heterocycles. The highest BCUT2D eigenvalue weighted by atomic mass is 16.5. The first kappa shape index (κ1) is 16.1. The quantitative estimate of drug-likeness (QED) is 0.876. The predicted molar refractivity (Wildman–Crippen MR) is 92.8 cm³/mol. The fraction of sp³-hybridized carbons (Fsp3) is 0.474. The van der Waals surface area contributed by atoms with Crippen LogP contribution in [0.2, 0.25) is 0 Å². The molecule has 6 nitrogen and oxygen atoms in total. The summed E-state index contributed by atoms with van der Waals surface area (Å²) in [7, 11) is 0. The van der Waals surface area contributed by atoms with Crippen molar-refractivity contribution in [2.75, 3.05) is 6.61 Å². The van der Waals surface area contributed by atoms with Crippen molar-refractivity contribution in [3.63, 3.8) is 0 Å². The van der Waals surface area contributed by atoms with Gasteiger partial charge < -0.3 is 19.8 Å². The first-order valence-electron chi connectivity index (χ1n) is 8.94. The number of ether oxygens (including phenoxy) is 1. The largest absolute Gasteiger partial charge is 0.439 e. The number of hydrogen-bond acceptors (Lipinski definition) is 4. The average Bonchev–Trinajstić information content (AvgIpc) is 3.39. The lowest BCUT2D eigenvalue weighted by atomic mass is 10.0. The number of urea groups is 1. The number of oxazole rings is 1. The van der Waals surface area contributed by atoms with Gasteiger partial charge in [-0.3, -0.25) is 0 Å². The van der Waals surface area contributed by atoms with Crippen molar-refractivity contribution in [2.24, 2.45) is 5.92 Å². The summed E-state index contributed by atoms with van der Waals surface area (Å²) in [5.41, 5.74) is 0.971. The summed E-state index contributed by atoms with van der Waals surface area (Å²) in [6, 6.07) is 9.79. The molecule has 1 aliphatic heterocycles. The van der Waals surface area contributed by atoms with Gasteiger partial charge in [0.15, 0.2) is 5.76 Å². The van der Waals surface area contributed by atoms with E-state index in [2.05, 4.69) is 15.6 Å². The molecule has 2 unspecified atom stereocenters. The topological polar surface area (TPSA) is 76.4 Å². The van der Waals surface area contributed by atoms with E-state index in [0.717, 1.165) is 25.0 Å². The summed E-state index contributed by atoms with van der Waals surface area (Å²) in [5, 5.41) is 5.86. The molecule has 2 N–H and O–H groups in total. The molecule has 0 radical (unpaired) electrons. The minimum Gasteiger partial charge on any atom is -0.439 e. The van der Waals surface area contributed by atoms with Gasteiger partial charge >= 0.3 is 6.03 Å². The van der Waals surface area contributed by atoms with Crippen LogP contribution in [0.4, 0.5) is 4.79 Å². The standard InChI is InChI=1S/C19H23N3O3/c23-19(22-15-8-9-24-16(10-15)14-6-7-14)21-12-18-20-11-17(25-18)13-4-2-1-3-5-13/h1-5,11,14-16H,6-10,12H2,(H2,21,22,23). The average molecular weight is 341 g/mol. The molecule has 4 rings (SSSR count). The summed E-state index contributed by atoms with van der Waals surface area (Å²) in [5.74, 6) is 1.91. The third kappa shape index (κ3) is 4.20. The zero-order chi connectivity index (χ0) is 17.1. The third-order valence-corrected chi connectivity index (χ3v) is 4.81. The minimum absolute atomic E-state index is 0.180. The Balaban J connectivity index is 1.25. The maximum atomic E-state index is 12.1. The summed E-state index contributed by atoms with van der Waals surface area (Å²) in [6.45, 7) is 1.00. The van der Waals surface area contributed by atoms with E-state index in [1.54, 1.807) is 6.20 Å². The Hall–Kier alpha value is -2.34. The fourth-order valence-electron chi connectivity index (χ4n) is 3.28. The van der Waals surface area contributed by atoms with Gasteiger partial charge in [-0.25, -0.2) is 9.78 Å². The van der Waals surface area contributed by atoms with Crippen molar-refractivity contribution in [2.45, 2.75) is 44.4 Å². The Morgan fingerprint density at radius 2 is 2.04 bits per heavy atom. The molecule has 0 spiro atoms. The zero-order valence-electron chi connectivity index (χ0n) is 14.1. The highest BCUT2D eigenvalue weighted by Crippen LogP contribution is 2.38. The molecule has 1 aliphatic carbocycles. The normalized spacial score (nSPS) is 23.2. The lowest BCUT2D eigenvalue weighted by Crippen LogP contribution is -2.46. The van der Waals surface area contributed by atoms with Crippen LogP contribution in [0.1, 0.15) is 31.6 Å². The van der Waals surface area contributed by atoms with E-state index >= 15 is 0 Å². The molecule has 25 heavy (non-hydrogen) atoms. The second kappa shape index (κ2) is 7.27. The molecular formula is C19H23N3O3. The zero-order valence-corrected chi connectivity index (χ0v) is 14.1. The van der Waals surface area contributed by atoms with Gasteiger partial charge in [0, 0.05) is 18.2 Å². The monoisotopic (exact) mass is 341 g/mol. The maximum absolute atomic E-state index is 12.1. The lowest BCUT2D eigenvalue weighted by Gasteiger charge is -2.30. The third-order valence-electron chi connectivity index (χ3n) is 4.81. The predicted octanol–water partition coefficient (Wildman–Crippen LogP) is 3.10. The fourth-order valence-corrected chi connectivity index (χ4v) is 3.28. The van der Waals surface area contributed by atoms with Crippen LogP contribution in [0.3, 0.4) is 0 Å². The van der Waals surface area contributed by atoms with Crippen LogP contribution < -0.4 is 10.6 Å². The molecule has 2 fully saturated rings. The van der Waals surface area contributed by atoms with Crippen LogP contribution >= 0.6 is 0 Å². The molecule has 2 aliphatic rings. The molecule has 2 atom stereocenters. The number of hydrogen-bond donors (Lipinski definition) is 2. The summed E-state index contributed by atoms with van der Waals surface area (Å²) in [6.07, 6.45) is 6.31. The van der Waals surface area contributed by atoms with E-state index in [4.69, 9.17) is 9.15 Å². The van der Waals surface area contributed by atoms with Crippen LogP contribution in [0.5, 0.6) is 0 Å². The van der Waals surface area contributed by atoms with E-state index in [-0.39, 0.29) is 18.6 Å². The lowest BCUT2D eigenvalue weighted by molar-refractivity contribution is -0.00915. The molecule has 2 amide bonds. The van der Waals surface area contributed by atoms with Gasteiger partial charge in [0.05, 0.1) is 18.8 Å². The van der Waals surface area contributed by atoms with Crippen LogP contribution in [-0.2, 0) is 11.3 Å². The maximum Gasteiger partial charge on any atom is 0.315 e. The second-order valence-electron chi connectivity index (χ2n) is 6.78. The second-order valence-corrected chi connectivity index (χ2v) is 6.78. The number of nitrogens with one attached hydrogen (secondary N) is 2. The van der Waals surface area contributed by atoms with Crippen molar-refractivity contribution in [3.8, 4) is 11.3 Å². The molecule has 6 heteroatoms. The van der Waals surface area contributed by atoms with Gasteiger partial charge in [0.1, 0.15) is 0 Å². The molecule has 1 saturated heterocycles. The molecular weight excluding hydrogens is 318 g/mol.